The molecule has 0 spiro atoms. The van der Waals surface area contributed by atoms with Gasteiger partial charge in [0.2, 0.25) is 0 Å². The van der Waals surface area contributed by atoms with Gasteiger partial charge in [-0.1, -0.05) is 74.1 Å². The molecule has 1 aliphatic carbocycles. The summed E-state index contributed by atoms with van der Waals surface area (Å²) in [5, 5.41) is 16.1. The van der Waals surface area contributed by atoms with Gasteiger partial charge in [0.05, 0.1) is 5.75 Å². The summed E-state index contributed by atoms with van der Waals surface area (Å²) in [6.07, 6.45) is 14.3. The van der Waals surface area contributed by atoms with Crippen LogP contribution in [-0.2, 0) is 21.2 Å². The third-order valence-electron chi connectivity index (χ3n) is 8.39. The zero-order valence-electron chi connectivity index (χ0n) is 26.3. The molecule has 236 valence electrons. The molecule has 2 unspecified atom stereocenters. The van der Waals surface area contributed by atoms with Gasteiger partial charge in [-0.25, -0.2) is 13.2 Å². The first-order valence-electron chi connectivity index (χ1n) is 15.7. The van der Waals surface area contributed by atoms with Crippen molar-refractivity contribution in [1.82, 2.24) is 10.6 Å². The summed E-state index contributed by atoms with van der Waals surface area (Å²) < 4.78 is 23.3. The van der Waals surface area contributed by atoms with E-state index in [0.717, 1.165) is 53.7 Å². The molecule has 0 heterocycles. The van der Waals surface area contributed by atoms with E-state index in [1.165, 1.54) is 44.1 Å². The zero-order valence-corrected chi connectivity index (χ0v) is 27.1. The van der Waals surface area contributed by atoms with Crippen LogP contribution >= 0.6 is 0 Å². The molecule has 3 N–H and O–H groups in total. The quantitative estimate of drug-likeness (QED) is 0.142. The standard InChI is InChI=1S/C35H50N2O5S/c1-25(2)12-8-10-16-29(22-27-14-6-5-7-15-27)36-24-28-18-19-31(32(23-28)30-17-11-9-13-26(30)3)34(38)37-33(35(39)40)20-21-43(4,41)42/h9,11-13,17-19,23,27,29,33,36H,5-8,10,14-16,20-22,24H2,1-4H3,(H,37,38)(H,39,40). The lowest BCUT2D eigenvalue weighted by Crippen LogP contribution is -2.42. The number of nitrogens with one attached hydrogen (secondary N) is 2. The Labute approximate surface area is 258 Å². The Kier molecular flexibility index (Phi) is 13.5. The van der Waals surface area contributed by atoms with E-state index in [-0.39, 0.29) is 12.2 Å². The fourth-order valence-electron chi connectivity index (χ4n) is 5.97. The number of hydrogen-bond donors (Lipinski definition) is 3. The van der Waals surface area contributed by atoms with Gasteiger partial charge in [-0.3, -0.25) is 4.79 Å². The number of aliphatic carboxylic acids is 1. The number of rotatable bonds is 16. The minimum Gasteiger partial charge on any atom is -0.480 e. The Hall–Kier alpha value is -2.97. The molecule has 1 amide bonds. The smallest absolute Gasteiger partial charge is 0.326 e. The van der Waals surface area contributed by atoms with Crippen LogP contribution in [0, 0.1) is 12.8 Å². The van der Waals surface area contributed by atoms with E-state index in [4.69, 9.17) is 0 Å². The maximum Gasteiger partial charge on any atom is 0.326 e. The van der Waals surface area contributed by atoms with Gasteiger partial charge in [0, 0.05) is 24.4 Å². The van der Waals surface area contributed by atoms with Crippen molar-refractivity contribution < 1.29 is 23.1 Å². The Balaban J connectivity index is 1.82. The molecule has 0 radical (unpaired) electrons. The second-order valence-electron chi connectivity index (χ2n) is 12.5. The number of carboxylic acid groups (broad SMARTS) is 1. The topological polar surface area (TPSA) is 113 Å². The molecule has 0 aromatic heterocycles. The van der Waals surface area contributed by atoms with Crippen LogP contribution in [-0.4, -0.2) is 49.5 Å². The van der Waals surface area contributed by atoms with Crippen molar-refractivity contribution in [2.45, 2.75) is 104 Å². The lowest BCUT2D eigenvalue weighted by Gasteiger charge is -2.27. The first-order valence-corrected chi connectivity index (χ1v) is 17.8. The maximum absolute atomic E-state index is 13.4. The molecule has 2 aromatic carbocycles. The Morgan fingerprint density at radius 3 is 2.40 bits per heavy atom. The van der Waals surface area contributed by atoms with E-state index in [2.05, 4.69) is 30.6 Å². The largest absolute Gasteiger partial charge is 0.480 e. The molecule has 43 heavy (non-hydrogen) atoms. The highest BCUT2D eigenvalue weighted by Gasteiger charge is 2.25. The number of amides is 1. The van der Waals surface area contributed by atoms with Gasteiger partial charge in [-0.15, -0.1) is 0 Å². The van der Waals surface area contributed by atoms with E-state index in [1.807, 2.05) is 43.3 Å². The van der Waals surface area contributed by atoms with E-state index < -0.39 is 27.8 Å². The number of hydrogen-bond acceptors (Lipinski definition) is 5. The molecule has 8 heteroatoms. The van der Waals surface area contributed by atoms with Crippen LogP contribution in [0.4, 0.5) is 0 Å². The monoisotopic (exact) mass is 610 g/mol. The van der Waals surface area contributed by atoms with Crippen LogP contribution in [0.2, 0.25) is 0 Å². The predicted octanol–water partition coefficient (Wildman–Crippen LogP) is 6.84. The highest BCUT2D eigenvalue weighted by atomic mass is 32.2. The van der Waals surface area contributed by atoms with Gasteiger partial charge < -0.3 is 15.7 Å². The van der Waals surface area contributed by atoms with Crippen molar-refractivity contribution in [1.29, 1.82) is 0 Å². The minimum atomic E-state index is -3.37. The minimum absolute atomic E-state index is 0.197. The Morgan fingerprint density at radius 2 is 1.74 bits per heavy atom. The molecule has 0 bridgehead atoms. The molecular formula is C35H50N2O5S. The maximum atomic E-state index is 13.4. The number of carboxylic acids is 1. The number of benzene rings is 2. The zero-order chi connectivity index (χ0) is 31.4. The number of carbonyl (C=O) groups is 2. The number of sulfone groups is 1. The number of unbranched alkanes of at least 4 members (excludes halogenated alkanes) is 1. The van der Waals surface area contributed by atoms with Crippen LogP contribution in [0.1, 0.15) is 99.5 Å². The fraction of sp³-hybridized carbons (Fsp3) is 0.543. The van der Waals surface area contributed by atoms with E-state index in [9.17, 15) is 23.1 Å². The summed E-state index contributed by atoms with van der Waals surface area (Å²) in [5.41, 5.74) is 5.41. The van der Waals surface area contributed by atoms with Crippen LogP contribution in [0.25, 0.3) is 11.1 Å². The lowest BCUT2D eigenvalue weighted by atomic mass is 9.83. The van der Waals surface area contributed by atoms with Gasteiger partial charge in [-0.05, 0) is 93.2 Å². The van der Waals surface area contributed by atoms with Crippen molar-refractivity contribution in [3.63, 3.8) is 0 Å². The van der Waals surface area contributed by atoms with E-state index in [1.54, 1.807) is 6.07 Å². The summed E-state index contributed by atoms with van der Waals surface area (Å²) in [6.45, 7) is 6.95. The van der Waals surface area contributed by atoms with Gasteiger partial charge in [-0.2, -0.15) is 0 Å². The van der Waals surface area contributed by atoms with Crippen molar-refractivity contribution in [3.05, 3.63) is 70.8 Å². The number of aryl methyl sites for hydroxylation is 1. The van der Waals surface area contributed by atoms with Crippen molar-refractivity contribution >= 4 is 21.7 Å². The van der Waals surface area contributed by atoms with Crippen LogP contribution in [0.5, 0.6) is 0 Å². The lowest BCUT2D eigenvalue weighted by molar-refractivity contribution is -0.139. The molecule has 0 aliphatic heterocycles. The Morgan fingerprint density at radius 1 is 1.02 bits per heavy atom. The molecule has 0 saturated heterocycles. The highest BCUT2D eigenvalue weighted by molar-refractivity contribution is 7.90. The average molecular weight is 611 g/mol. The van der Waals surface area contributed by atoms with Gasteiger partial charge in [0.1, 0.15) is 15.9 Å². The summed E-state index contributed by atoms with van der Waals surface area (Å²) >= 11 is 0. The van der Waals surface area contributed by atoms with Gasteiger partial charge in [0.25, 0.3) is 5.91 Å². The molecule has 3 rings (SSSR count). The normalized spacial score (nSPS) is 15.4. The third kappa shape index (κ3) is 11.9. The highest BCUT2D eigenvalue weighted by Crippen LogP contribution is 2.30. The first-order chi connectivity index (χ1) is 20.4. The molecule has 2 atom stereocenters. The number of carbonyl (C=O) groups excluding carboxylic acids is 1. The fourth-order valence-corrected chi connectivity index (χ4v) is 6.63. The second kappa shape index (κ2) is 16.8. The SMILES string of the molecule is CC(C)=CCCCC(CC1CCCCC1)NCc1ccc(C(=O)NC(CCS(C)(=O)=O)C(=O)O)c(-c2ccccc2C)c1. The summed E-state index contributed by atoms with van der Waals surface area (Å²) in [6, 6.07) is 12.6. The van der Waals surface area contributed by atoms with Crippen LogP contribution in [0.3, 0.4) is 0 Å². The van der Waals surface area contributed by atoms with E-state index >= 15 is 0 Å². The second-order valence-corrected chi connectivity index (χ2v) is 14.8. The van der Waals surface area contributed by atoms with Crippen molar-refractivity contribution in [3.8, 4) is 11.1 Å². The van der Waals surface area contributed by atoms with Gasteiger partial charge in [0.15, 0.2) is 0 Å². The van der Waals surface area contributed by atoms with Crippen LogP contribution in [0.15, 0.2) is 54.1 Å². The number of allylic oxidation sites excluding steroid dienone is 2. The Bertz CT molecular complexity index is 1360. The van der Waals surface area contributed by atoms with Crippen molar-refractivity contribution in [2.75, 3.05) is 12.0 Å². The summed E-state index contributed by atoms with van der Waals surface area (Å²) in [4.78, 5) is 25.3. The first kappa shape index (κ1) is 34.5. The summed E-state index contributed by atoms with van der Waals surface area (Å²) in [7, 11) is -3.37. The third-order valence-corrected chi connectivity index (χ3v) is 9.37. The molecule has 2 aromatic rings. The molecular weight excluding hydrogens is 560 g/mol. The predicted molar refractivity (Wildman–Crippen MR) is 175 cm³/mol. The molecule has 1 aliphatic rings. The van der Waals surface area contributed by atoms with Crippen molar-refractivity contribution in [2.24, 2.45) is 5.92 Å². The van der Waals surface area contributed by atoms with Gasteiger partial charge >= 0.3 is 5.97 Å². The molecule has 1 fully saturated rings. The molecule has 1 saturated carbocycles. The van der Waals surface area contributed by atoms with Crippen LogP contribution < -0.4 is 10.6 Å². The summed E-state index contributed by atoms with van der Waals surface area (Å²) in [5.74, 6) is -1.35. The van der Waals surface area contributed by atoms with E-state index in [0.29, 0.717) is 18.2 Å². The molecule has 7 nitrogen and oxygen atoms in total. The average Bonchev–Trinajstić information content (AvgIpc) is 2.96.